The molecule has 1 aliphatic carbocycles. The molecule has 2 unspecified atom stereocenters. The minimum absolute atomic E-state index is 0.00129. The minimum atomic E-state index is 0.00129. The lowest BCUT2D eigenvalue weighted by atomic mass is 9.86. The highest BCUT2D eigenvalue weighted by Gasteiger charge is 2.22. The van der Waals surface area contributed by atoms with Gasteiger partial charge < -0.3 is 15.5 Å². The Bertz CT molecular complexity index is 352. The number of guanidine groups is 1. The highest BCUT2D eigenvalue weighted by molar-refractivity contribution is 5.85. The number of likely N-dealkylation sites (N-methyl/N-ethyl adjacent to an activating group) is 1. The summed E-state index contributed by atoms with van der Waals surface area (Å²) < 4.78 is 0. The van der Waals surface area contributed by atoms with E-state index in [1.54, 1.807) is 25.1 Å². The highest BCUT2D eigenvalue weighted by Crippen LogP contribution is 2.23. The molecule has 5 heteroatoms. The summed E-state index contributed by atoms with van der Waals surface area (Å²) in [6.07, 6.45) is 6.77. The molecule has 0 aromatic carbocycles. The van der Waals surface area contributed by atoms with Gasteiger partial charge in [-0.05, 0) is 18.8 Å². The minimum Gasteiger partial charge on any atom is -0.353 e. The first-order chi connectivity index (χ1) is 9.54. The number of rotatable bonds is 5. The van der Waals surface area contributed by atoms with Crippen LogP contribution in [0.5, 0.6) is 0 Å². The van der Waals surface area contributed by atoms with Crippen LogP contribution in [0.3, 0.4) is 0 Å². The topological polar surface area (TPSA) is 56.7 Å². The maximum Gasteiger partial charge on any atom is 0.243 e. The lowest BCUT2D eigenvalue weighted by Crippen LogP contribution is -2.47. The van der Waals surface area contributed by atoms with Gasteiger partial charge in [-0.3, -0.25) is 4.79 Å². The predicted octanol–water partition coefficient (Wildman–Crippen LogP) is 1.37. The van der Waals surface area contributed by atoms with Crippen LogP contribution in [0.1, 0.15) is 32.6 Å². The Kier molecular flexibility index (Phi) is 7.12. The second-order valence-electron chi connectivity index (χ2n) is 5.64. The van der Waals surface area contributed by atoms with Crippen LogP contribution < -0.4 is 10.6 Å². The van der Waals surface area contributed by atoms with E-state index in [1.165, 1.54) is 19.3 Å². The van der Waals surface area contributed by atoms with Gasteiger partial charge in [-0.2, -0.15) is 0 Å². The van der Waals surface area contributed by atoms with Crippen LogP contribution in [-0.2, 0) is 4.79 Å². The Morgan fingerprint density at radius 1 is 1.40 bits per heavy atom. The molecule has 5 nitrogen and oxygen atoms in total. The molecule has 0 bridgehead atoms. The number of aliphatic imine (C=N–C) groups is 1. The first-order valence-corrected chi connectivity index (χ1v) is 7.40. The van der Waals surface area contributed by atoms with Gasteiger partial charge >= 0.3 is 0 Å². The van der Waals surface area contributed by atoms with Crippen molar-refractivity contribution in [1.82, 2.24) is 15.5 Å². The van der Waals surface area contributed by atoms with E-state index in [0.717, 1.165) is 6.42 Å². The monoisotopic (exact) mass is 280 g/mol. The molecule has 1 fully saturated rings. The summed E-state index contributed by atoms with van der Waals surface area (Å²) in [7, 11) is 3.48. The Hall–Kier alpha value is -1.52. The van der Waals surface area contributed by atoms with Crippen LogP contribution in [0, 0.1) is 5.92 Å². The maximum absolute atomic E-state index is 11.6. The fourth-order valence-electron chi connectivity index (χ4n) is 2.32. The van der Waals surface area contributed by atoms with Gasteiger partial charge in [0.05, 0.1) is 0 Å². The van der Waals surface area contributed by atoms with Crippen LogP contribution in [0.15, 0.2) is 17.6 Å². The summed E-state index contributed by atoms with van der Waals surface area (Å²) in [6.45, 7) is 6.78. The van der Waals surface area contributed by atoms with Crippen molar-refractivity contribution < 1.29 is 4.79 Å². The van der Waals surface area contributed by atoms with E-state index in [9.17, 15) is 4.79 Å². The van der Waals surface area contributed by atoms with Crippen molar-refractivity contribution in [3.05, 3.63) is 12.7 Å². The van der Waals surface area contributed by atoms with Crippen molar-refractivity contribution in [3.63, 3.8) is 0 Å². The Labute approximate surface area is 122 Å². The van der Waals surface area contributed by atoms with Crippen LogP contribution >= 0.6 is 0 Å². The molecule has 2 atom stereocenters. The fraction of sp³-hybridized carbons (Fsp3) is 0.733. The molecule has 0 saturated heterocycles. The van der Waals surface area contributed by atoms with Crippen molar-refractivity contribution in [2.75, 3.05) is 27.2 Å². The summed E-state index contributed by atoms with van der Waals surface area (Å²) in [5, 5.41) is 6.64. The third kappa shape index (κ3) is 5.63. The van der Waals surface area contributed by atoms with Crippen LogP contribution in [0.25, 0.3) is 0 Å². The molecule has 114 valence electrons. The second kappa shape index (κ2) is 8.61. The van der Waals surface area contributed by atoms with Crippen molar-refractivity contribution in [3.8, 4) is 0 Å². The fourth-order valence-corrected chi connectivity index (χ4v) is 2.32. The van der Waals surface area contributed by atoms with Crippen LogP contribution in [0.2, 0.25) is 0 Å². The molecule has 1 saturated carbocycles. The third-order valence-electron chi connectivity index (χ3n) is 3.72. The van der Waals surface area contributed by atoms with E-state index in [4.69, 9.17) is 0 Å². The molecule has 20 heavy (non-hydrogen) atoms. The van der Waals surface area contributed by atoms with Gasteiger partial charge in [-0.15, -0.1) is 6.58 Å². The molecule has 1 rings (SSSR count). The molecule has 2 N–H and O–H groups in total. The zero-order chi connectivity index (χ0) is 15.0. The molecular weight excluding hydrogens is 252 g/mol. The zero-order valence-corrected chi connectivity index (χ0v) is 13.0. The van der Waals surface area contributed by atoms with Gasteiger partial charge in [0.15, 0.2) is 5.96 Å². The van der Waals surface area contributed by atoms with Crippen molar-refractivity contribution in [2.24, 2.45) is 10.9 Å². The smallest absolute Gasteiger partial charge is 0.243 e. The predicted molar refractivity (Wildman–Crippen MR) is 83.8 cm³/mol. The Morgan fingerprint density at radius 3 is 2.70 bits per heavy atom. The molecule has 0 aliphatic heterocycles. The molecule has 0 aromatic rings. The van der Waals surface area contributed by atoms with Gasteiger partial charge in [0.1, 0.15) is 6.54 Å². The van der Waals surface area contributed by atoms with E-state index in [0.29, 0.717) is 24.5 Å². The number of carbonyl (C=O) groups is 1. The van der Waals surface area contributed by atoms with Crippen LogP contribution in [0.4, 0.5) is 0 Å². The van der Waals surface area contributed by atoms with Crippen LogP contribution in [-0.4, -0.2) is 50.0 Å². The third-order valence-corrected chi connectivity index (χ3v) is 3.72. The summed E-state index contributed by atoms with van der Waals surface area (Å²) in [5.74, 6) is 1.35. The molecule has 0 spiro atoms. The van der Waals surface area contributed by atoms with Gasteiger partial charge in [0.25, 0.3) is 0 Å². The average molecular weight is 280 g/mol. The lowest BCUT2D eigenvalue weighted by Gasteiger charge is -2.30. The number of nitrogens with one attached hydrogen (secondary N) is 2. The SMILES string of the molecule is C=CCNC(=NCC(=O)N(C)C)NC1CCCCC1C. The first kappa shape index (κ1) is 16.5. The van der Waals surface area contributed by atoms with E-state index < -0.39 is 0 Å². The Morgan fingerprint density at radius 2 is 2.10 bits per heavy atom. The van der Waals surface area contributed by atoms with E-state index in [-0.39, 0.29) is 12.5 Å². The standard InChI is InChI=1S/C15H28N4O/c1-5-10-16-15(17-11-14(20)19(3)4)18-13-9-7-6-8-12(13)2/h5,12-13H,1,6-11H2,2-4H3,(H2,16,17,18). The van der Waals surface area contributed by atoms with Crippen molar-refractivity contribution in [2.45, 2.75) is 38.6 Å². The maximum atomic E-state index is 11.6. The van der Waals surface area contributed by atoms with Crippen molar-refractivity contribution >= 4 is 11.9 Å². The normalized spacial score (nSPS) is 23.1. The van der Waals surface area contributed by atoms with Gasteiger partial charge in [0.2, 0.25) is 5.91 Å². The largest absolute Gasteiger partial charge is 0.353 e. The molecular formula is C15H28N4O. The number of nitrogens with zero attached hydrogens (tertiary/aromatic N) is 2. The molecule has 0 heterocycles. The Balaban J connectivity index is 2.60. The summed E-state index contributed by atoms with van der Waals surface area (Å²) in [4.78, 5) is 17.5. The van der Waals surface area contributed by atoms with Gasteiger partial charge in [-0.25, -0.2) is 4.99 Å². The number of carbonyl (C=O) groups excluding carboxylic acids is 1. The summed E-state index contributed by atoms with van der Waals surface area (Å²) in [6, 6.07) is 0.439. The second-order valence-corrected chi connectivity index (χ2v) is 5.64. The summed E-state index contributed by atoms with van der Waals surface area (Å²) in [5.41, 5.74) is 0. The molecule has 1 aliphatic rings. The van der Waals surface area contributed by atoms with Gasteiger partial charge in [-0.1, -0.05) is 25.8 Å². The molecule has 0 radical (unpaired) electrons. The molecule has 0 aromatic heterocycles. The number of hydrogen-bond donors (Lipinski definition) is 2. The van der Waals surface area contributed by atoms with E-state index >= 15 is 0 Å². The summed E-state index contributed by atoms with van der Waals surface area (Å²) >= 11 is 0. The average Bonchev–Trinajstić information content (AvgIpc) is 2.43. The number of hydrogen-bond acceptors (Lipinski definition) is 2. The van der Waals surface area contributed by atoms with Crippen molar-refractivity contribution in [1.29, 1.82) is 0 Å². The number of amides is 1. The van der Waals surface area contributed by atoms with E-state index in [1.807, 2.05) is 0 Å². The van der Waals surface area contributed by atoms with E-state index in [2.05, 4.69) is 29.1 Å². The highest BCUT2D eigenvalue weighted by atomic mass is 16.2. The zero-order valence-electron chi connectivity index (χ0n) is 13.0. The molecule has 1 amide bonds. The quantitative estimate of drug-likeness (QED) is 0.454. The van der Waals surface area contributed by atoms with Gasteiger partial charge in [0, 0.05) is 26.7 Å². The first-order valence-electron chi connectivity index (χ1n) is 7.40. The lowest BCUT2D eigenvalue weighted by molar-refractivity contribution is -0.127.